The van der Waals surface area contributed by atoms with Crippen molar-refractivity contribution in [2.45, 2.75) is 95.0 Å². The van der Waals surface area contributed by atoms with Gasteiger partial charge in [0.25, 0.3) is 0 Å². The fourth-order valence-electron chi connectivity index (χ4n) is 6.03. The second kappa shape index (κ2) is 13.7. The fourth-order valence-corrected chi connectivity index (χ4v) is 6.03. The van der Waals surface area contributed by atoms with Gasteiger partial charge in [-0.1, -0.05) is 78.9 Å². The molecule has 0 spiro atoms. The Balaban J connectivity index is 1.36. The number of carbonyl (C=O) groups excluding carboxylic acids is 1. The lowest BCUT2D eigenvalue weighted by Gasteiger charge is -2.47. The van der Waals surface area contributed by atoms with E-state index in [4.69, 9.17) is 33.2 Å². The number of rotatable bonds is 10. The number of hydrogen-bond acceptors (Lipinski definition) is 8. The number of fused-ring (bicyclic) bond motifs is 1. The molecule has 0 radical (unpaired) electrons. The van der Waals surface area contributed by atoms with Gasteiger partial charge in [0, 0.05) is 6.61 Å². The van der Waals surface area contributed by atoms with Crippen molar-refractivity contribution in [1.82, 2.24) is 0 Å². The van der Waals surface area contributed by atoms with Crippen LogP contribution in [-0.2, 0) is 46.4 Å². The normalized spacial score (nSPS) is 30.0. The van der Waals surface area contributed by atoms with Crippen LogP contribution in [0.25, 0.3) is 0 Å². The van der Waals surface area contributed by atoms with Crippen LogP contribution < -0.4 is 0 Å². The molecular formula is C35H40O8. The predicted octanol–water partition coefficient (Wildman–Crippen LogP) is 5.83. The summed E-state index contributed by atoms with van der Waals surface area (Å²) < 4.78 is 45.3. The quantitative estimate of drug-likeness (QED) is 0.274. The minimum atomic E-state index is -0.943. The zero-order valence-electron chi connectivity index (χ0n) is 24.7. The van der Waals surface area contributed by atoms with Gasteiger partial charge < -0.3 is 33.2 Å². The van der Waals surface area contributed by atoms with Gasteiger partial charge in [-0.15, -0.1) is 0 Å². The molecule has 228 valence electrons. The van der Waals surface area contributed by atoms with Crippen LogP contribution in [0.1, 0.15) is 54.6 Å². The number of hydrogen-bond donors (Lipinski definition) is 0. The lowest BCUT2D eigenvalue weighted by Crippen LogP contribution is -2.66. The number of esters is 1. The summed E-state index contributed by atoms with van der Waals surface area (Å²) in [5.74, 6) is -1.41. The maximum absolute atomic E-state index is 13.5. The van der Waals surface area contributed by atoms with E-state index in [0.29, 0.717) is 18.8 Å². The summed E-state index contributed by atoms with van der Waals surface area (Å²) in [6, 6.07) is 28.8. The Labute approximate surface area is 253 Å². The van der Waals surface area contributed by atoms with Gasteiger partial charge in [0.1, 0.15) is 30.5 Å². The first-order valence-electron chi connectivity index (χ1n) is 15.2. The standard InChI is InChI=1S/C35H40O8/c1-35(2)42-32-29(39-23-25-16-8-4-9-17-25)30(40-27-20-12-13-21-37-27)28(38-22-24-14-6-3-7-15-24)31(33(32)43-35)41-34(36)26-18-10-5-11-19-26/h3-11,14-19,27-33H,12-13,20-23H2,1-2H3/t27?,28-,29+,30-,31+,32-,33+/m1/s1. The maximum Gasteiger partial charge on any atom is 0.338 e. The van der Waals surface area contributed by atoms with E-state index in [1.165, 1.54) is 0 Å². The molecule has 43 heavy (non-hydrogen) atoms. The van der Waals surface area contributed by atoms with Crippen LogP contribution in [0.5, 0.6) is 0 Å². The van der Waals surface area contributed by atoms with Gasteiger partial charge in [0.15, 0.2) is 18.2 Å². The Kier molecular flexibility index (Phi) is 9.52. The molecule has 2 saturated heterocycles. The van der Waals surface area contributed by atoms with Crippen molar-refractivity contribution < 1.29 is 38.0 Å². The van der Waals surface area contributed by atoms with E-state index in [9.17, 15) is 4.79 Å². The van der Waals surface area contributed by atoms with E-state index in [1.54, 1.807) is 12.1 Å². The smallest absolute Gasteiger partial charge is 0.338 e. The van der Waals surface area contributed by atoms with E-state index >= 15 is 0 Å². The monoisotopic (exact) mass is 588 g/mol. The highest BCUT2D eigenvalue weighted by Gasteiger charge is 2.61. The largest absolute Gasteiger partial charge is 0.453 e. The van der Waals surface area contributed by atoms with Gasteiger partial charge in [-0.2, -0.15) is 0 Å². The van der Waals surface area contributed by atoms with Crippen molar-refractivity contribution >= 4 is 5.97 Å². The average molecular weight is 589 g/mol. The first kappa shape index (κ1) is 29.9. The van der Waals surface area contributed by atoms with Crippen LogP contribution in [0, 0.1) is 0 Å². The highest BCUT2D eigenvalue weighted by molar-refractivity contribution is 5.89. The minimum Gasteiger partial charge on any atom is -0.453 e. The molecule has 0 bridgehead atoms. The molecule has 6 rings (SSSR count). The lowest BCUT2D eigenvalue weighted by atomic mass is 9.84. The SMILES string of the molecule is CC1(C)O[C@@H]2[C@@H](OCc3ccccc3)[C@H](OC3CCCCO3)[C@@H](OCc3ccccc3)[C@H](OC(=O)c3ccccc3)[C@@H]2O1. The Morgan fingerprint density at radius 2 is 1.28 bits per heavy atom. The van der Waals surface area contributed by atoms with Gasteiger partial charge in [-0.3, -0.25) is 0 Å². The third-order valence-electron chi connectivity index (χ3n) is 8.05. The molecule has 0 N–H and O–H groups in total. The van der Waals surface area contributed by atoms with E-state index in [2.05, 4.69) is 0 Å². The molecule has 8 nitrogen and oxygen atoms in total. The molecule has 3 aliphatic rings. The topological polar surface area (TPSA) is 81.7 Å². The van der Waals surface area contributed by atoms with Crippen LogP contribution in [-0.4, -0.2) is 61.3 Å². The van der Waals surface area contributed by atoms with Crippen molar-refractivity contribution in [1.29, 1.82) is 0 Å². The summed E-state index contributed by atoms with van der Waals surface area (Å²) >= 11 is 0. The van der Waals surface area contributed by atoms with E-state index in [-0.39, 0.29) is 6.61 Å². The molecule has 2 heterocycles. The molecule has 7 atom stereocenters. The zero-order chi connectivity index (χ0) is 29.6. The Morgan fingerprint density at radius 3 is 1.86 bits per heavy atom. The second-order valence-corrected chi connectivity index (χ2v) is 11.7. The molecule has 2 aliphatic heterocycles. The van der Waals surface area contributed by atoms with Crippen LogP contribution in [0.3, 0.4) is 0 Å². The number of carbonyl (C=O) groups is 1. The highest BCUT2D eigenvalue weighted by atomic mass is 16.8. The van der Waals surface area contributed by atoms with Gasteiger partial charge in [-0.25, -0.2) is 4.79 Å². The van der Waals surface area contributed by atoms with Crippen molar-refractivity contribution in [3.05, 3.63) is 108 Å². The minimum absolute atomic E-state index is 0.281. The Morgan fingerprint density at radius 1 is 0.721 bits per heavy atom. The summed E-state index contributed by atoms with van der Waals surface area (Å²) in [7, 11) is 0. The predicted molar refractivity (Wildman–Crippen MR) is 158 cm³/mol. The molecule has 3 fully saturated rings. The van der Waals surface area contributed by atoms with Crippen molar-refractivity contribution in [2.75, 3.05) is 6.61 Å². The second-order valence-electron chi connectivity index (χ2n) is 11.7. The Hall–Kier alpha value is -3.11. The molecule has 1 saturated carbocycles. The molecule has 3 aromatic rings. The third-order valence-corrected chi connectivity index (χ3v) is 8.05. The first-order valence-corrected chi connectivity index (χ1v) is 15.2. The molecular weight excluding hydrogens is 548 g/mol. The van der Waals surface area contributed by atoms with Crippen LogP contribution in [0.15, 0.2) is 91.0 Å². The number of benzene rings is 3. The molecule has 0 aromatic heterocycles. The van der Waals surface area contributed by atoms with E-state index in [0.717, 1.165) is 30.4 Å². The fraction of sp³-hybridized carbons (Fsp3) is 0.457. The molecule has 1 aliphatic carbocycles. The van der Waals surface area contributed by atoms with Crippen molar-refractivity contribution in [2.24, 2.45) is 0 Å². The Bertz CT molecular complexity index is 1300. The van der Waals surface area contributed by atoms with Crippen LogP contribution >= 0.6 is 0 Å². The van der Waals surface area contributed by atoms with Crippen LogP contribution in [0.2, 0.25) is 0 Å². The first-order chi connectivity index (χ1) is 21.0. The van der Waals surface area contributed by atoms with Crippen molar-refractivity contribution in [3.63, 3.8) is 0 Å². The summed E-state index contributed by atoms with van der Waals surface area (Å²) in [6.07, 6.45) is -1.80. The molecule has 3 aromatic carbocycles. The van der Waals surface area contributed by atoms with E-state index < -0.39 is 54.7 Å². The summed E-state index contributed by atoms with van der Waals surface area (Å²) in [6.45, 7) is 4.95. The van der Waals surface area contributed by atoms with Crippen molar-refractivity contribution in [3.8, 4) is 0 Å². The highest BCUT2D eigenvalue weighted by Crippen LogP contribution is 2.43. The van der Waals surface area contributed by atoms with Gasteiger partial charge in [-0.05, 0) is 56.4 Å². The molecule has 1 unspecified atom stereocenters. The summed E-state index contributed by atoms with van der Waals surface area (Å²) in [5, 5.41) is 0. The summed E-state index contributed by atoms with van der Waals surface area (Å²) in [5.41, 5.74) is 2.44. The lowest BCUT2D eigenvalue weighted by molar-refractivity contribution is -0.285. The third kappa shape index (κ3) is 7.34. The molecule has 0 amide bonds. The average Bonchev–Trinajstić information content (AvgIpc) is 3.37. The number of ether oxygens (including phenoxy) is 7. The maximum atomic E-state index is 13.5. The molecule has 8 heteroatoms. The summed E-state index contributed by atoms with van der Waals surface area (Å²) in [4.78, 5) is 13.5. The van der Waals surface area contributed by atoms with Crippen LogP contribution in [0.4, 0.5) is 0 Å². The van der Waals surface area contributed by atoms with Gasteiger partial charge in [0.05, 0.1) is 18.8 Å². The zero-order valence-corrected chi connectivity index (χ0v) is 24.7. The van der Waals surface area contributed by atoms with Gasteiger partial charge in [0.2, 0.25) is 0 Å². The van der Waals surface area contributed by atoms with Gasteiger partial charge >= 0.3 is 5.97 Å². The van der Waals surface area contributed by atoms with E-state index in [1.807, 2.05) is 92.7 Å².